The number of halogens is 5. The molecule has 4 nitrogen and oxygen atoms in total. The van der Waals surface area contributed by atoms with Crippen LogP contribution in [0.3, 0.4) is 0 Å². The molecule has 126 valence electrons. The molecular weight excluding hydrogens is 323 g/mol. The van der Waals surface area contributed by atoms with Crippen molar-refractivity contribution in [2.24, 2.45) is 5.92 Å². The molecule has 0 atom stereocenters. The molecule has 23 heavy (non-hydrogen) atoms. The Kier molecular flexibility index (Phi) is 4.86. The lowest BCUT2D eigenvalue weighted by Gasteiger charge is -2.31. The van der Waals surface area contributed by atoms with Crippen molar-refractivity contribution in [1.82, 2.24) is 4.90 Å². The number of carbonyl (C=O) groups excluding carboxylic acids is 2. The lowest BCUT2D eigenvalue weighted by atomic mass is 9.95. The Balaban J connectivity index is 1.94. The highest BCUT2D eigenvalue weighted by Gasteiger charge is 2.43. The van der Waals surface area contributed by atoms with E-state index in [0.29, 0.717) is 4.90 Å². The van der Waals surface area contributed by atoms with Gasteiger partial charge in [-0.2, -0.15) is 13.2 Å². The molecular formula is C14H13F5N2O2. The molecule has 1 saturated heterocycles. The van der Waals surface area contributed by atoms with Gasteiger partial charge in [-0.05, 0) is 25.0 Å². The first-order valence-corrected chi connectivity index (χ1v) is 6.80. The highest BCUT2D eigenvalue weighted by Crippen LogP contribution is 2.25. The van der Waals surface area contributed by atoms with Crippen molar-refractivity contribution in [2.75, 3.05) is 18.4 Å². The Hall–Kier alpha value is -2.19. The minimum atomic E-state index is -4.94. The molecule has 1 aromatic carbocycles. The van der Waals surface area contributed by atoms with Gasteiger partial charge in [-0.3, -0.25) is 9.59 Å². The third-order valence-corrected chi connectivity index (χ3v) is 3.58. The molecule has 9 heteroatoms. The van der Waals surface area contributed by atoms with Crippen LogP contribution >= 0.6 is 0 Å². The van der Waals surface area contributed by atoms with E-state index in [1.807, 2.05) is 0 Å². The molecule has 1 heterocycles. The number of nitrogens with one attached hydrogen (secondary N) is 1. The number of piperidine rings is 1. The number of carbonyl (C=O) groups is 2. The van der Waals surface area contributed by atoms with E-state index >= 15 is 0 Å². The van der Waals surface area contributed by atoms with E-state index in [2.05, 4.69) is 5.32 Å². The van der Waals surface area contributed by atoms with Gasteiger partial charge in [0.1, 0.15) is 11.6 Å². The fraction of sp³-hybridized carbons (Fsp3) is 0.429. The molecule has 0 spiro atoms. The first kappa shape index (κ1) is 17.2. The van der Waals surface area contributed by atoms with Gasteiger partial charge < -0.3 is 10.2 Å². The number of nitrogens with zero attached hydrogens (tertiary/aromatic N) is 1. The van der Waals surface area contributed by atoms with Crippen LogP contribution in [0.4, 0.5) is 27.6 Å². The van der Waals surface area contributed by atoms with Gasteiger partial charge in [0.05, 0.1) is 5.69 Å². The number of anilines is 1. The molecule has 0 aliphatic carbocycles. The van der Waals surface area contributed by atoms with Crippen molar-refractivity contribution in [3.63, 3.8) is 0 Å². The molecule has 1 aromatic rings. The normalized spacial score (nSPS) is 16.3. The van der Waals surface area contributed by atoms with Crippen LogP contribution in [0.2, 0.25) is 0 Å². The van der Waals surface area contributed by atoms with E-state index in [1.54, 1.807) is 0 Å². The molecule has 0 bridgehead atoms. The van der Waals surface area contributed by atoms with Gasteiger partial charge in [0.25, 0.3) is 0 Å². The quantitative estimate of drug-likeness (QED) is 0.844. The minimum absolute atomic E-state index is 0.0184. The molecule has 2 amide bonds. The van der Waals surface area contributed by atoms with Gasteiger partial charge in [-0.15, -0.1) is 0 Å². The summed E-state index contributed by atoms with van der Waals surface area (Å²) in [4.78, 5) is 23.7. The predicted molar refractivity (Wildman–Crippen MR) is 70.3 cm³/mol. The zero-order chi connectivity index (χ0) is 17.2. The van der Waals surface area contributed by atoms with Crippen LogP contribution in [0.25, 0.3) is 0 Å². The van der Waals surface area contributed by atoms with Crippen LogP contribution in [0.15, 0.2) is 18.2 Å². The van der Waals surface area contributed by atoms with E-state index in [4.69, 9.17) is 0 Å². The molecule has 0 aromatic heterocycles. The third-order valence-electron chi connectivity index (χ3n) is 3.58. The van der Waals surface area contributed by atoms with E-state index in [-0.39, 0.29) is 31.6 Å². The minimum Gasteiger partial charge on any atom is -0.335 e. The molecule has 0 saturated carbocycles. The zero-order valence-electron chi connectivity index (χ0n) is 11.8. The Labute approximate surface area is 128 Å². The third kappa shape index (κ3) is 4.17. The summed E-state index contributed by atoms with van der Waals surface area (Å²) in [6, 6.07) is 2.57. The number of benzene rings is 1. The molecule has 0 unspecified atom stereocenters. The SMILES string of the molecule is O=C(Nc1cc(F)ccc1F)C1CCN(C(=O)C(F)(F)F)CC1. The molecule has 1 fully saturated rings. The van der Waals surface area contributed by atoms with Crippen LogP contribution in [-0.2, 0) is 9.59 Å². The number of likely N-dealkylation sites (tertiary alicyclic amines) is 1. The van der Waals surface area contributed by atoms with Gasteiger partial charge in [-0.25, -0.2) is 8.78 Å². The standard InChI is InChI=1S/C14H13F5N2O2/c15-9-1-2-10(16)11(7-9)20-12(22)8-3-5-21(6-4-8)13(23)14(17,18)19/h1-2,7-8H,3-6H2,(H,20,22). The highest BCUT2D eigenvalue weighted by molar-refractivity contribution is 5.93. The molecule has 2 rings (SSSR count). The van der Waals surface area contributed by atoms with E-state index in [1.165, 1.54) is 0 Å². The summed E-state index contributed by atoms with van der Waals surface area (Å²) in [5, 5.41) is 2.22. The van der Waals surface area contributed by atoms with Crippen molar-refractivity contribution in [1.29, 1.82) is 0 Å². The van der Waals surface area contributed by atoms with Crippen molar-refractivity contribution >= 4 is 17.5 Å². The second-order valence-electron chi connectivity index (χ2n) is 5.18. The monoisotopic (exact) mass is 336 g/mol. The van der Waals surface area contributed by atoms with Crippen LogP contribution in [0, 0.1) is 17.6 Å². The Morgan fingerprint density at radius 2 is 1.74 bits per heavy atom. The lowest BCUT2D eigenvalue weighted by molar-refractivity contribution is -0.186. The second-order valence-corrected chi connectivity index (χ2v) is 5.18. The number of amides is 2. The van der Waals surface area contributed by atoms with Gasteiger partial charge in [0.2, 0.25) is 5.91 Å². The predicted octanol–water partition coefficient (Wildman–Crippen LogP) is 2.70. The summed E-state index contributed by atoms with van der Waals surface area (Å²) in [6.07, 6.45) is -4.91. The number of hydrogen-bond acceptors (Lipinski definition) is 2. The van der Waals surface area contributed by atoms with Crippen molar-refractivity contribution in [3.05, 3.63) is 29.8 Å². The van der Waals surface area contributed by atoms with Gasteiger partial charge in [0.15, 0.2) is 0 Å². The van der Waals surface area contributed by atoms with Crippen LogP contribution in [-0.4, -0.2) is 36.0 Å². The Bertz CT molecular complexity index is 610. The fourth-order valence-electron chi connectivity index (χ4n) is 2.35. The van der Waals surface area contributed by atoms with Crippen molar-refractivity contribution in [2.45, 2.75) is 19.0 Å². The average Bonchev–Trinajstić information content (AvgIpc) is 2.49. The van der Waals surface area contributed by atoms with Gasteiger partial charge in [-0.1, -0.05) is 0 Å². The summed E-state index contributed by atoms with van der Waals surface area (Å²) < 4.78 is 63.4. The summed E-state index contributed by atoms with van der Waals surface area (Å²) in [6.45, 7) is -0.440. The van der Waals surface area contributed by atoms with Crippen molar-refractivity contribution < 1.29 is 31.5 Å². The smallest absolute Gasteiger partial charge is 0.335 e. The van der Waals surface area contributed by atoms with Gasteiger partial charge in [0, 0.05) is 25.1 Å². The fourth-order valence-corrected chi connectivity index (χ4v) is 2.35. The average molecular weight is 336 g/mol. The van der Waals surface area contributed by atoms with Crippen molar-refractivity contribution in [3.8, 4) is 0 Å². The zero-order valence-corrected chi connectivity index (χ0v) is 11.8. The maximum absolute atomic E-state index is 13.4. The van der Waals surface area contributed by atoms with E-state index in [9.17, 15) is 31.5 Å². The molecule has 0 radical (unpaired) electrons. The summed E-state index contributed by atoms with van der Waals surface area (Å²) in [7, 11) is 0. The van der Waals surface area contributed by atoms with Crippen LogP contribution in [0.1, 0.15) is 12.8 Å². The van der Waals surface area contributed by atoms with E-state index < -0.39 is 35.5 Å². The maximum atomic E-state index is 13.4. The van der Waals surface area contributed by atoms with Crippen LogP contribution in [0.5, 0.6) is 0 Å². The van der Waals surface area contributed by atoms with Gasteiger partial charge >= 0.3 is 12.1 Å². The number of hydrogen-bond donors (Lipinski definition) is 1. The summed E-state index contributed by atoms with van der Waals surface area (Å²) >= 11 is 0. The largest absolute Gasteiger partial charge is 0.471 e. The molecule has 1 N–H and O–H groups in total. The Morgan fingerprint density at radius 3 is 2.30 bits per heavy atom. The maximum Gasteiger partial charge on any atom is 0.471 e. The second kappa shape index (κ2) is 6.51. The summed E-state index contributed by atoms with van der Waals surface area (Å²) in [5.41, 5.74) is -0.330. The lowest BCUT2D eigenvalue weighted by Crippen LogP contribution is -2.46. The number of rotatable bonds is 2. The first-order valence-electron chi connectivity index (χ1n) is 6.80. The van der Waals surface area contributed by atoms with Crippen LogP contribution < -0.4 is 5.32 Å². The number of alkyl halides is 3. The highest BCUT2D eigenvalue weighted by atomic mass is 19.4. The Morgan fingerprint density at radius 1 is 1.13 bits per heavy atom. The first-order chi connectivity index (χ1) is 10.7. The van der Waals surface area contributed by atoms with E-state index in [0.717, 1.165) is 18.2 Å². The molecule has 1 aliphatic rings. The summed E-state index contributed by atoms with van der Waals surface area (Å²) in [5.74, 6) is -4.77. The molecule has 1 aliphatic heterocycles. The topological polar surface area (TPSA) is 49.4 Å².